The Morgan fingerprint density at radius 2 is 2.16 bits per heavy atom. The Balaban J connectivity index is 2.20. The third-order valence-corrected chi connectivity index (χ3v) is 3.21. The Hall–Kier alpha value is -1.58. The van der Waals surface area contributed by atoms with Crippen molar-refractivity contribution in [2.24, 2.45) is 0 Å². The van der Waals surface area contributed by atoms with Gasteiger partial charge in [-0.15, -0.1) is 0 Å². The summed E-state index contributed by atoms with van der Waals surface area (Å²) < 4.78 is 5.90. The second-order valence-corrected chi connectivity index (χ2v) is 4.68. The van der Waals surface area contributed by atoms with Gasteiger partial charge in [0, 0.05) is 29.5 Å². The first-order valence-electron chi connectivity index (χ1n) is 6.28. The summed E-state index contributed by atoms with van der Waals surface area (Å²) in [5, 5.41) is 4.02. The van der Waals surface area contributed by atoms with Crippen LogP contribution in [0.5, 0.6) is 11.5 Å². The number of halogens is 1. The maximum Gasteiger partial charge on any atom is 0.134 e. The van der Waals surface area contributed by atoms with E-state index in [1.165, 1.54) is 0 Å². The van der Waals surface area contributed by atoms with Crippen molar-refractivity contribution in [1.82, 2.24) is 10.3 Å². The van der Waals surface area contributed by atoms with Crippen LogP contribution >= 0.6 is 11.6 Å². The van der Waals surface area contributed by atoms with E-state index in [2.05, 4.69) is 17.2 Å². The van der Waals surface area contributed by atoms with Crippen LogP contribution in [-0.2, 0) is 6.54 Å². The van der Waals surface area contributed by atoms with Crippen LogP contribution in [-0.4, -0.2) is 11.5 Å². The first kappa shape index (κ1) is 13.8. The molecule has 19 heavy (non-hydrogen) atoms. The first-order chi connectivity index (χ1) is 9.20. The smallest absolute Gasteiger partial charge is 0.134 e. The Morgan fingerprint density at radius 3 is 2.89 bits per heavy atom. The third-order valence-electron chi connectivity index (χ3n) is 2.78. The Morgan fingerprint density at radius 1 is 1.32 bits per heavy atom. The molecule has 0 amide bonds. The second-order valence-electron chi connectivity index (χ2n) is 4.28. The molecule has 0 aliphatic carbocycles. The van der Waals surface area contributed by atoms with Crippen molar-refractivity contribution in [2.75, 3.05) is 6.54 Å². The van der Waals surface area contributed by atoms with E-state index < -0.39 is 0 Å². The Bertz CT molecular complexity index is 558. The molecular formula is C15H17ClN2O. The van der Waals surface area contributed by atoms with Gasteiger partial charge < -0.3 is 10.1 Å². The number of aromatic nitrogens is 1. The summed E-state index contributed by atoms with van der Waals surface area (Å²) in [7, 11) is 0. The zero-order valence-electron chi connectivity index (χ0n) is 11.1. The van der Waals surface area contributed by atoms with Crippen LogP contribution in [0.2, 0.25) is 5.02 Å². The third kappa shape index (κ3) is 3.69. The summed E-state index contributed by atoms with van der Waals surface area (Å²) in [6, 6.07) is 7.51. The lowest BCUT2D eigenvalue weighted by atomic mass is 10.2. The van der Waals surface area contributed by atoms with Crippen molar-refractivity contribution in [1.29, 1.82) is 0 Å². The molecule has 0 saturated carbocycles. The fraction of sp³-hybridized carbons (Fsp3) is 0.267. The molecular weight excluding hydrogens is 260 g/mol. The molecule has 0 atom stereocenters. The van der Waals surface area contributed by atoms with Gasteiger partial charge in [-0.25, -0.2) is 0 Å². The standard InChI is InChI=1S/C15H17ClN2O/c1-3-17-9-12-10-18-7-6-15(12)19-13-4-5-14(16)11(2)8-13/h4-8,10,17H,3,9H2,1-2H3. The Kier molecular flexibility index (Phi) is 4.77. The maximum atomic E-state index is 6.01. The molecule has 1 aromatic carbocycles. The average molecular weight is 277 g/mol. The van der Waals surface area contributed by atoms with E-state index in [1.54, 1.807) is 6.20 Å². The summed E-state index contributed by atoms with van der Waals surface area (Å²) in [5.74, 6) is 1.60. The van der Waals surface area contributed by atoms with Crippen LogP contribution in [0, 0.1) is 6.92 Å². The first-order valence-corrected chi connectivity index (χ1v) is 6.66. The summed E-state index contributed by atoms with van der Waals surface area (Å²) >= 11 is 6.01. The highest BCUT2D eigenvalue weighted by Crippen LogP contribution is 2.27. The average Bonchev–Trinajstić information content (AvgIpc) is 2.42. The highest BCUT2D eigenvalue weighted by atomic mass is 35.5. The minimum atomic E-state index is 0.742. The number of nitrogens with zero attached hydrogens (tertiary/aromatic N) is 1. The second kappa shape index (κ2) is 6.55. The van der Waals surface area contributed by atoms with Gasteiger partial charge in [0.05, 0.1) is 0 Å². The molecule has 0 aliphatic rings. The van der Waals surface area contributed by atoms with E-state index in [9.17, 15) is 0 Å². The van der Waals surface area contributed by atoms with Gasteiger partial charge in [-0.2, -0.15) is 0 Å². The normalized spacial score (nSPS) is 10.5. The van der Waals surface area contributed by atoms with Crippen LogP contribution in [0.25, 0.3) is 0 Å². The monoisotopic (exact) mass is 276 g/mol. The van der Waals surface area contributed by atoms with Crippen molar-refractivity contribution in [2.45, 2.75) is 20.4 Å². The van der Waals surface area contributed by atoms with Crippen LogP contribution in [0.1, 0.15) is 18.1 Å². The van der Waals surface area contributed by atoms with Crippen molar-refractivity contribution in [3.05, 3.63) is 52.8 Å². The minimum absolute atomic E-state index is 0.742. The van der Waals surface area contributed by atoms with Gasteiger partial charge in [0.2, 0.25) is 0 Å². The number of aryl methyl sites for hydroxylation is 1. The molecule has 0 aliphatic heterocycles. The van der Waals surface area contributed by atoms with E-state index >= 15 is 0 Å². The highest BCUT2D eigenvalue weighted by molar-refractivity contribution is 6.31. The molecule has 0 radical (unpaired) electrons. The summed E-state index contributed by atoms with van der Waals surface area (Å²) in [4.78, 5) is 4.13. The summed E-state index contributed by atoms with van der Waals surface area (Å²) in [6.07, 6.45) is 3.55. The molecule has 0 fully saturated rings. The summed E-state index contributed by atoms with van der Waals surface area (Å²) in [5.41, 5.74) is 2.04. The van der Waals surface area contributed by atoms with Crippen molar-refractivity contribution in [3.8, 4) is 11.5 Å². The number of ether oxygens (including phenoxy) is 1. The fourth-order valence-electron chi connectivity index (χ4n) is 1.71. The lowest BCUT2D eigenvalue weighted by molar-refractivity contribution is 0.472. The van der Waals surface area contributed by atoms with Crippen molar-refractivity contribution in [3.63, 3.8) is 0 Å². The van der Waals surface area contributed by atoms with Gasteiger partial charge in [0.1, 0.15) is 11.5 Å². The lowest BCUT2D eigenvalue weighted by Gasteiger charge is -2.11. The van der Waals surface area contributed by atoms with Gasteiger partial charge in [0.15, 0.2) is 0 Å². The SMILES string of the molecule is CCNCc1cnccc1Oc1ccc(Cl)c(C)c1. The minimum Gasteiger partial charge on any atom is -0.457 e. The largest absolute Gasteiger partial charge is 0.457 e. The molecule has 100 valence electrons. The predicted octanol–water partition coefficient (Wildman–Crippen LogP) is 3.95. The van der Waals surface area contributed by atoms with Gasteiger partial charge in [-0.05, 0) is 43.3 Å². The number of nitrogens with one attached hydrogen (secondary N) is 1. The van der Waals surface area contributed by atoms with E-state index in [0.29, 0.717) is 0 Å². The number of benzene rings is 1. The molecule has 1 N–H and O–H groups in total. The summed E-state index contributed by atoms with van der Waals surface area (Å²) in [6.45, 7) is 5.68. The van der Waals surface area contributed by atoms with Crippen molar-refractivity contribution < 1.29 is 4.74 Å². The van der Waals surface area contributed by atoms with Gasteiger partial charge in [0.25, 0.3) is 0 Å². The van der Waals surface area contributed by atoms with Gasteiger partial charge in [-0.1, -0.05) is 18.5 Å². The molecule has 4 heteroatoms. The number of rotatable bonds is 5. The fourth-order valence-corrected chi connectivity index (χ4v) is 1.83. The molecule has 0 spiro atoms. The van der Waals surface area contributed by atoms with E-state index in [-0.39, 0.29) is 0 Å². The van der Waals surface area contributed by atoms with E-state index in [0.717, 1.165) is 40.7 Å². The molecule has 0 saturated heterocycles. The van der Waals surface area contributed by atoms with Crippen LogP contribution < -0.4 is 10.1 Å². The van der Waals surface area contributed by atoms with Gasteiger partial charge >= 0.3 is 0 Å². The zero-order chi connectivity index (χ0) is 13.7. The van der Waals surface area contributed by atoms with Crippen LogP contribution in [0.15, 0.2) is 36.7 Å². The highest BCUT2D eigenvalue weighted by Gasteiger charge is 2.05. The lowest BCUT2D eigenvalue weighted by Crippen LogP contribution is -2.12. The van der Waals surface area contributed by atoms with Crippen LogP contribution in [0.3, 0.4) is 0 Å². The van der Waals surface area contributed by atoms with Crippen LogP contribution in [0.4, 0.5) is 0 Å². The number of hydrogen-bond donors (Lipinski definition) is 1. The predicted molar refractivity (Wildman–Crippen MR) is 77.9 cm³/mol. The maximum absolute atomic E-state index is 6.01. The van der Waals surface area contributed by atoms with E-state index in [1.807, 2.05) is 37.4 Å². The molecule has 0 bridgehead atoms. The number of hydrogen-bond acceptors (Lipinski definition) is 3. The molecule has 0 unspecified atom stereocenters. The zero-order valence-corrected chi connectivity index (χ0v) is 11.9. The molecule has 2 aromatic rings. The van der Waals surface area contributed by atoms with Gasteiger partial charge in [-0.3, -0.25) is 4.98 Å². The number of pyridine rings is 1. The topological polar surface area (TPSA) is 34.2 Å². The molecule has 1 aromatic heterocycles. The quantitative estimate of drug-likeness (QED) is 0.898. The molecule has 3 nitrogen and oxygen atoms in total. The van der Waals surface area contributed by atoms with E-state index in [4.69, 9.17) is 16.3 Å². The Labute approximate surface area is 118 Å². The molecule has 1 heterocycles. The van der Waals surface area contributed by atoms with Crippen molar-refractivity contribution >= 4 is 11.6 Å². The molecule has 2 rings (SSSR count).